The van der Waals surface area contributed by atoms with Crippen LogP contribution >= 0.6 is 0 Å². The van der Waals surface area contributed by atoms with Crippen molar-refractivity contribution < 1.29 is 13.5 Å². The van der Waals surface area contributed by atoms with Crippen molar-refractivity contribution in [1.82, 2.24) is 9.97 Å². The first-order chi connectivity index (χ1) is 14.5. The zero-order valence-corrected chi connectivity index (χ0v) is 16.5. The summed E-state index contributed by atoms with van der Waals surface area (Å²) in [7, 11) is 0. The smallest absolute Gasteiger partial charge is 0.253 e. The van der Waals surface area contributed by atoms with Gasteiger partial charge in [0.15, 0.2) is 0 Å². The number of hydrogen-bond donors (Lipinski definition) is 1. The van der Waals surface area contributed by atoms with Crippen molar-refractivity contribution in [1.29, 1.82) is 5.26 Å². The quantitative estimate of drug-likeness (QED) is 0.823. The van der Waals surface area contributed by atoms with Crippen molar-refractivity contribution in [3.63, 3.8) is 0 Å². The minimum atomic E-state index is -2.58. The van der Waals surface area contributed by atoms with Crippen LogP contribution in [-0.4, -0.2) is 42.2 Å². The van der Waals surface area contributed by atoms with Gasteiger partial charge in [0.25, 0.3) is 5.92 Å². The molecule has 1 aliphatic carbocycles. The van der Waals surface area contributed by atoms with Gasteiger partial charge in [0.05, 0.1) is 11.5 Å². The van der Waals surface area contributed by atoms with E-state index >= 15 is 0 Å². The number of anilines is 3. The van der Waals surface area contributed by atoms with Crippen LogP contribution < -0.4 is 10.2 Å². The van der Waals surface area contributed by atoms with Gasteiger partial charge in [-0.25, -0.2) is 18.7 Å². The zero-order valence-electron chi connectivity index (χ0n) is 16.5. The number of fused-ring (bicyclic) bond motifs is 1. The number of nitriles is 1. The normalized spacial score (nSPS) is 26.4. The fourth-order valence-electron chi connectivity index (χ4n) is 4.86. The molecular formula is C22H23F2N5O. The van der Waals surface area contributed by atoms with Gasteiger partial charge in [0.1, 0.15) is 17.5 Å². The number of aromatic nitrogens is 2. The van der Waals surface area contributed by atoms with Crippen LogP contribution in [-0.2, 0) is 10.2 Å². The van der Waals surface area contributed by atoms with E-state index in [0.717, 1.165) is 5.56 Å². The number of ether oxygens (including phenoxy) is 1. The summed E-state index contributed by atoms with van der Waals surface area (Å²) in [6, 6.07) is 11.8. The molecule has 2 unspecified atom stereocenters. The number of pyridine rings is 2. The van der Waals surface area contributed by atoms with E-state index in [1.165, 1.54) is 0 Å². The van der Waals surface area contributed by atoms with Gasteiger partial charge in [0, 0.05) is 44.8 Å². The van der Waals surface area contributed by atoms with Gasteiger partial charge in [0.2, 0.25) is 0 Å². The van der Waals surface area contributed by atoms with E-state index in [1.807, 2.05) is 35.2 Å². The molecule has 2 saturated heterocycles. The predicted octanol–water partition coefficient (Wildman–Crippen LogP) is 3.88. The van der Waals surface area contributed by atoms with Gasteiger partial charge in [-0.2, -0.15) is 5.26 Å². The summed E-state index contributed by atoms with van der Waals surface area (Å²) >= 11 is 0. The molecule has 2 aliphatic heterocycles. The van der Waals surface area contributed by atoms with Crippen LogP contribution in [0.15, 0.2) is 36.5 Å². The molecule has 6 nitrogen and oxygen atoms in total. The number of hydrogen-bond acceptors (Lipinski definition) is 6. The Hall–Kier alpha value is -2.79. The first-order valence-electron chi connectivity index (χ1n) is 10.3. The average molecular weight is 411 g/mol. The molecule has 0 radical (unpaired) electrons. The lowest BCUT2D eigenvalue weighted by Crippen LogP contribution is -2.46. The zero-order chi connectivity index (χ0) is 20.8. The third-order valence-electron chi connectivity index (χ3n) is 6.69. The molecule has 30 heavy (non-hydrogen) atoms. The Morgan fingerprint density at radius 1 is 1.17 bits per heavy atom. The molecule has 2 aromatic heterocycles. The molecule has 0 aromatic carbocycles. The van der Waals surface area contributed by atoms with Gasteiger partial charge in [-0.1, -0.05) is 6.07 Å². The number of nitrogens with zero attached hydrogens (tertiary/aromatic N) is 4. The number of nitrogens with one attached hydrogen (secondary N) is 1. The first-order valence-corrected chi connectivity index (χ1v) is 10.3. The van der Waals surface area contributed by atoms with Crippen LogP contribution in [0.3, 0.4) is 0 Å². The van der Waals surface area contributed by atoms with E-state index in [1.54, 1.807) is 6.20 Å². The maximum absolute atomic E-state index is 13.9. The number of halogens is 2. The van der Waals surface area contributed by atoms with Crippen molar-refractivity contribution in [2.45, 2.75) is 30.6 Å². The molecule has 156 valence electrons. The Balaban J connectivity index is 1.51. The highest BCUT2D eigenvalue weighted by molar-refractivity contribution is 5.59. The average Bonchev–Trinajstić information content (AvgIpc) is 3.14. The lowest BCUT2D eigenvalue weighted by molar-refractivity contribution is -0.152. The topological polar surface area (TPSA) is 74.1 Å². The van der Waals surface area contributed by atoms with Gasteiger partial charge < -0.3 is 15.0 Å². The Morgan fingerprint density at radius 3 is 2.67 bits per heavy atom. The highest BCUT2D eigenvalue weighted by Gasteiger charge is 2.59. The largest absolute Gasteiger partial charge is 0.381 e. The Morgan fingerprint density at radius 2 is 2.00 bits per heavy atom. The molecule has 4 heterocycles. The second kappa shape index (κ2) is 7.17. The minimum Gasteiger partial charge on any atom is -0.381 e. The van der Waals surface area contributed by atoms with Crippen molar-refractivity contribution >= 4 is 17.5 Å². The summed E-state index contributed by atoms with van der Waals surface area (Å²) in [4.78, 5) is 10.9. The number of rotatable bonds is 4. The molecule has 8 heteroatoms. The van der Waals surface area contributed by atoms with Gasteiger partial charge in [-0.3, -0.25) is 0 Å². The first kappa shape index (κ1) is 19.2. The third kappa shape index (κ3) is 3.27. The van der Waals surface area contributed by atoms with E-state index in [4.69, 9.17) is 9.72 Å². The van der Waals surface area contributed by atoms with E-state index < -0.39 is 17.3 Å². The maximum Gasteiger partial charge on any atom is 0.253 e. The summed E-state index contributed by atoms with van der Waals surface area (Å²) in [5, 5.41) is 13.2. The summed E-state index contributed by atoms with van der Waals surface area (Å²) in [5.41, 5.74) is 0.182. The molecular weight excluding hydrogens is 388 g/mol. The van der Waals surface area contributed by atoms with Crippen LogP contribution in [0.2, 0.25) is 0 Å². The second-order valence-electron chi connectivity index (χ2n) is 8.48. The van der Waals surface area contributed by atoms with E-state index in [-0.39, 0.29) is 12.3 Å². The molecule has 1 saturated carbocycles. The third-order valence-corrected chi connectivity index (χ3v) is 6.69. The van der Waals surface area contributed by atoms with E-state index in [2.05, 4.69) is 16.4 Å². The van der Waals surface area contributed by atoms with Crippen LogP contribution in [0.1, 0.15) is 24.8 Å². The van der Waals surface area contributed by atoms with Crippen molar-refractivity contribution in [2.75, 3.05) is 36.5 Å². The molecule has 5 rings (SSSR count). The van der Waals surface area contributed by atoms with Crippen molar-refractivity contribution in [3.8, 4) is 6.07 Å². The summed E-state index contributed by atoms with van der Waals surface area (Å²) in [5.74, 6) is -1.35. The molecule has 0 amide bonds. The van der Waals surface area contributed by atoms with E-state index in [9.17, 15) is 14.0 Å². The second-order valence-corrected chi connectivity index (χ2v) is 8.48. The van der Waals surface area contributed by atoms with Gasteiger partial charge in [-0.05, 0) is 48.6 Å². The molecule has 3 fully saturated rings. The Bertz CT molecular complexity index is 971. The molecule has 2 aromatic rings. The SMILES string of the molecule is N#CC1(c2cc(Nc3ccccn3)nc(N3CC4CC(F)(F)C4C3)c2)CCOCC1. The van der Waals surface area contributed by atoms with Crippen LogP contribution in [0, 0.1) is 23.2 Å². The predicted molar refractivity (Wildman–Crippen MR) is 108 cm³/mol. The van der Waals surface area contributed by atoms with Gasteiger partial charge in [-0.15, -0.1) is 0 Å². The standard InChI is InChI=1S/C22H23F2N5O/c23-22(24)11-15-12-29(13-17(15)22)20-10-16(21(14-25)4-7-30-8-5-21)9-19(28-20)27-18-3-1-2-6-26-18/h1-3,6,9-10,15,17H,4-5,7-8,11-13H2,(H,26,27,28). The highest BCUT2D eigenvalue weighted by Crippen LogP contribution is 2.52. The fourth-order valence-corrected chi connectivity index (χ4v) is 4.86. The van der Waals surface area contributed by atoms with Crippen LogP contribution in [0.4, 0.5) is 26.2 Å². The Kier molecular flexibility index (Phi) is 4.58. The summed E-state index contributed by atoms with van der Waals surface area (Å²) in [6.07, 6.45) is 2.83. The maximum atomic E-state index is 13.9. The summed E-state index contributed by atoms with van der Waals surface area (Å²) < 4.78 is 33.3. The monoisotopic (exact) mass is 411 g/mol. The molecule has 1 N–H and O–H groups in total. The van der Waals surface area contributed by atoms with Crippen molar-refractivity contribution in [3.05, 3.63) is 42.1 Å². The van der Waals surface area contributed by atoms with E-state index in [0.29, 0.717) is 56.6 Å². The van der Waals surface area contributed by atoms with Crippen LogP contribution in [0.5, 0.6) is 0 Å². The fraction of sp³-hybridized carbons (Fsp3) is 0.500. The molecule has 3 aliphatic rings. The van der Waals surface area contributed by atoms with Crippen LogP contribution in [0.25, 0.3) is 0 Å². The highest BCUT2D eigenvalue weighted by atomic mass is 19.3. The minimum absolute atomic E-state index is 0.00524. The molecule has 0 spiro atoms. The summed E-state index contributed by atoms with van der Waals surface area (Å²) in [6.45, 7) is 1.91. The van der Waals surface area contributed by atoms with Crippen molar-refractivity contribution in [2.24, 2.45) is 11.8 Å². The molecule has 2 atom stereocenters. The Labute approximate surface area is 173 Å². The lowest BCUT2D eigenvalue weighted by Gasteiger charge is -2.38. The lowest BCUT2D eigenvalue weighted by atomic mass is 9.72. The van der Waals surface area contributed by atoms with Gasteiger partial charge >= 0.3 is 0 Å². The number of alkyl halides is 2. The molecule has 0 bridgehead atoms.